The van der Waals surface area contributed by atoms with Crippen molar-refractivity contribution >= 4 is 39.1 Å². The molecule has 1 N–H and O–H groups in total. The summed E-state index contributed by atoms with van der Waals surface area (Å²) in [6, 6.07) is 13.0. The topological polar surface area (TPSA) is 61.9 Å². The van der Waals surface area contributed by atoms with Gasteiger partial charge in [-0.2, -0.15) is 0 Å². The van der Waals surface area contributed by atoms with E-state index >= 15 is 0 Å². The molecule has 0 bridgehead atoms. The second-order valence-corrected chi connectivity index (χ2v) is 7.20. The largest absolute Gasteiger partial charge is 0.496 e. The van der Waals surface area contributed by atoms with Crippen molar-refractivity contribution in [2.75, 3.05) is 43.5 Å². The van der Waals surface area contributed by atoms with Gasteiger partial charge in [0.05, 0.1) is 11.6 Å². The Labute approximate surface area is 167 Å². The minimum Gasteiger partial charge on any atom is -0.496 e. The standard InChI is InChI=1S/C20H22BrN3O3/c1-14(25)23-9-11-24(12-10-23)17-6-4-16(5-7-17)22-20(26)15-3-8-19(27-2)18(21)13-15/h3-8,13H,9-12H2,1-2H3,(H,22,26). The number of methoxy groups -OCH3 is 1. The maximum absolute atomic E-state index is 12.4. The van der Waals surface area contributed by atoms with E-state index in [0.717, 1.165) is 42.0 Å². The van der Waals surface area contributed by atoms with Gasteiger partial charge in [-0.25, -0.2) is 0 Å². The third-order valence-electron chi connectivity index (χ3n) is 4.63. The van der Waals surface area contributed by atoms with Gasteiger partial charge in [-0.15, -0.1) is 0 Å². The summed E-state index contributed by atoms with van der Waals surface area (Å²) in [6.07, 6.45) is 0. The molecule has 2 amide bonds. The van der Waals surface area contributed by atoms with Gasteiger partial charge in [-0.1, -0.05) is 0 Å². The number of nitrogens with one attached hydrogen (secondary N) is 1. The first-order valence-electron chi connectivity index (χ1n) is 8.73. The van der Waals surface area contributed by atoms with Crippen molar-refractivity contribution in [3.8, 4) is 5.75 Å². The number of amides is 2. The summed E-state index contributed by atoms with van der Waals surface area (Å²) >= 11 is 3.39. The minimum absolute atomic E-state index is 0.123. The number of carbonyl (C=O) groups excluding carboxylic acids is 2. The van der Waals surface area contributed by atoms with Gasteiger partial charge in [0, 0.05) is 50.0 Å². The predicted octanol–water partition coefficient (Wildman–Crippen LogP) is 3.38. The van der Waals surface area contributed by atoms with Gasteiger partial charge in [0.15, 0.2) is 0 Å². The van der Waals surface area contributed by atoms with Crippen LogP contribution in [-0.4, -0.2) is 50.0 Å². The van der Waals surface area contributed by atoms with E-state index < -0.39 is 0 Å². The van der Waals surface area contributed by atoms with Gasteiger partial charge in [-0.3, -0.25) is 9.59 Å². The van der Waals surface area contributed by atoms with Gasteiger partial charge in [0.1, 0.15) is 5.75 Å². The number of anilines is 2. The second kappa shape index (κ2) is 8.43. The Balaban J connectivity index is 1.61. The zero-order chi connectivity index (χ0) is 19.4. The highest BCUT2D eigenvalue weighted by molar-refractivity contribution is 9.10. The molecule has 1 aliphatic heterocycles. The van der Waals surface area contributed by atoms with Crippen molar-refractivity contribution in [3.05, 3.63) is 52.5 Å². The number of carbonyl (C=O) groups is 2. The third kappa shape index (κ3) is 4.60. The van der Waals surface area contributed by atoms with E-state index in [1.165, 1.54) is 0 Å². The van der Waals surface area contributed by atoms with Gasteiger partial charge in [-0.05, 0) is 58.4 Å². The van der Waals surface area contributed by atoms with E-state index in [9.17, 15) is 9.59 Å². The van der Waals surface area contributed by atoms with Crippen LogP contribution in [0.15, 0.2) is 46.9 Å². The molecule has 1 aliphatic rings. The molecule has 27 heavy (non-hydrogen) atoms. The summed E-state index contributed by atoms with van der Waals surface area (Å²) < 4.78 is 5.92. The van der Waals surface area contributed by atoms with Crippen LogP contribution in [-0.2, 0) is 4.79 Å². The van der Waals surface area contributed by atoms with E-state index in [4.69, 9.17) is 4.74 Å². The molecule has 0 spiro atoms. The normalized spacial score (nSPS) is 14.0. The molecule has 0 radical (unpaired) electrons. The quantitative estimate of drug-likeness (QED) is 0.805. The lowest BCUT2D eigenvalue weighted by molar-refractivity contribution is -0.129. The average Bonchev–Trinajstić information content (AvgIpc) is 2.68. The fourth-order valence-corrected chi connectivity index (χ4v) is 3.59. The summed E-state index contributed by atoms with van der Waals surface area (Å²) in [5.41, 5.74) is 2.37. The van der Waals surface area contributed by atoms with Crippen molar-refractivity contribution in [1.29, 1.82) is 0 Å². The minimum atomic E-state index is -0.179. The molecular formula is C20H22BrN3O3. The number of hydrogen-bond donors (Lipinski definition) is 1. The lowest BCUT2D eigenvalue weighted by atomic mass is 10.2. The van der Waals surface area contributed by atoms with Gasteiger partial charge >= 0.3 is 0 Å². The Morgan fingerprint density at radius 2 is 1.70 bits per heavy atom. The highest BCUT2D eigenvalue weighted by atomic mass is 79.9. The SMILES string of the molecule is COc1ccc(C(=O)Nc2ccc(N3CCN(C(C)=O)CC3)cc2)cc1Br. The molecule has 6 nitrogen and oxygen atoms in total. The first-order chi connectivity index (χ1) is 13.0. The first kappa shape index (κ1) is 19.2. The number of piperazine rings is 1. The van der Waals surface area contributed by atoms with Crippen molar-refractivity contribution in [2.45, 2.75) is 6.92 Å². The molecule has 0 unspecified atom stereocenters. The maximum Gasteiger partial charge on any atom is 0.255 e. The van der Waals surface area contributed by atoms with Crippen LogP contribution in [0.2, 0.25) is 0 Å². The number of hydrogen-bond acceptors (Lipinski definition) is 4. The van der Waals surface area contributed by atoms with Crippen LogP contribution in [0.4, 0.5) is 11.4 Å². The Bertz CT molecular complexity index is 831. The molecule has 2 aromatic carbocycles. The summed E-state index contributed by atoms with van der Waals surface area (Å²) in [6.45, 7) is 4.70. The van der Waals surface area contributed by atoms with Crippen molar-refractivity contribution < 1.29 is 14.3 Å². The smallest absolute Gasteiger partial charge is 0.255 e. The number of rotatable bonds is 4. The van der Waals surface area contributed by atoms with Crippen LogP contribution >= 0.6 is 15.9 Å². The summed E-state index contributed by atoms with van der Waals surface area (Å²) in [5.74, 6) is 0.625. The van der Waals surface area contributed by atoms with E-state index in [-0.39, 0.29) is 11.8 Å². The Kier molecular flexibility index (Phi) is 6.01. The molecular weight excluding hydrogens is 410 g/mol. The molecule has 0 aromatic heterocycles. The summed E-state index contributed by atoms with van der Waals surface area (Å²) in [4.78, 5) is 28.0. The molecule has 3 rings (SSSR count). The highest BCUT2D eigenvalue weighted by Gasteiger charge is 2.18. The van der Waals surface area contributed by atoms with Crippen LogP contribution < -0.4 is 15.0 Å². The Hall–Kier alpha value is -2.54. The first-order valence-corrected chi connectivity index (χ1v) is 9.52. The van der Waals surface area contributed by atoms with E-state index in [2.05, 4.69) is 26.1 Å². The molecule has 7 heteroatoms. The van der Waals surface area contributed by atoms with Crippen LogP contribution in [0.3, 0.4) is 0 Å². The molecule has 0 saturated carbocycles. The summed E-state index contributed by atoms with van der Waals surface area (Å²) in [7, 11) is 1.58. The maximum atomic E-state index is 12.4. The lowest BCUT2D eigenvalue weighted by Crippen LogP contribution is -2.48. The fraction of sp³-hybridized carbons (Fsp3) is 0.300. The van der Waals surface area contributed by atoms with Crippen LogP contribution in [0.25, 0.3) is 0 Å². The monoisotopic (exact) mass is 431 g/mol. The summed E-state index contributed by atoms with van der Waals surface area (Å²) in [5, 5.41) is 2.90. The number of ether oxygens (including phenoxy) is 1. The molecule has 142 valence electrons. The van der Waals surface area contributed by atoms with Gasteiger partial charge in [0.2, 0.25) is 5.91 Å². The predicted molar refractivity (Wildman–Crippen MR) is 110 cm³/mol. The number of halogens is 1. The van der Waals surface area contributed by atoms with E-state index in [1.54, 1.807) is 32.2 Å². The molecule has 2 aromatic rings. The highest BCUT2D eigenvalue weighted by Crippen LogP contribution is 2.26. The molecule has 1 heterocycles. The van der Waals surface area contributed by atoms with Crippen molar-refractivity contribution in [1.82, 2.24) is 4.90 Å². The Morgan fingerprint density at radius 1 is 1.04 bits per heavy atom. The molecule has 1 saturated heterocycles. The molecule has 1 fully saturated rings. The van der Waals surface area contributed by atoms with Crippen LogP contribution in [0.5, 0.6) is 5.75 Å². The molecule has 0 aliphatic carbocycles. The third-order valence-corrected chi connectivity index (χ3v) is 5.25. The van der Waals surface area contributed by atoms with Gasteiger partial charge in [0.25, 0.3) is 5.91 Å². The van der Waals surface area contributed by atoms with E-state index in [1.807, 2.05) is 29.2 Å². The lowest BCUT2D eigenvalue weighted by Gasteiger charge is -2.35. The van der Waals surface area contributed by atoms with Crippen molar-refractivity contribution in [2.24, 2.45) is 0 Å². The molecule has 0 atom stereocenters. The number of nitrogens with zero attached hydrogens (tertiary/aromatic N) is 2. The zero-order valence-electron chi connectivity index (χ0n) is 15.4. The van der Waals surface area contributed by atoms with Crippen LogP contribution in [0, 0.1) is 0 Å². The average molecular weight is 432 g/mol. The van der Waals surface area contributed by atoms with Crippen molar-refractivity contribution in [3.63, 3.8) is 0 Å². The zero-order valence-corrected chi connectivity index (χ0v) is 17.0. The van der Waals surface area contributed by atoms with E-state index in [0.29, 0.717) is 11.3 Å². The second-order valence-electron chi connectivity index (χ2n) is 6.34. The fourth-order valence-electron chi connectivity index (χ4n) is 3.05. The number of benzene rings is 2. The van der Waals surface area contributed by atoms with Gasteiger partial charge < -0.3 is 19.9 Å². The Morgan fingerprint density at radius 3 is 2.26 bits per heavy atom. The van der Waals surface area contributed by atoms with Crippen LogP contribution in [0.1, 0.15) is 17.3 Å².